The summed E-state index contributed by atoms with van der Waals surface area (Å²) in [6.45, 7) is 6.82. The van der Waals surface area contributed by atoms with Gasteiger partial charge >= 0.3 is 6.36 Å². The lowest BCUT2D eigenvalue weighted by atomic mass is 10.0. The van der Waals surface area contributed by atoms with E-state index in [4.69, 9.17) is 0 Å². The number of nitrogens with zero attached hydrogens (tertiary/aromatic N) is 4. The highest BCUT2D eigenvalue weighted by Gasteiger charge is 2.31. The maximum absolute atomic E-state index is 12.4. The van der Waals surface area contributed by atoms with E-state index in [9.17, 15) is 13.2 Å². The van der Waals surface area contributed by atoms with Crippen molar-refractivity contribution in [3.8, 4) is 5.75 Å². The van der Waals surface area contributed by atoms with Crippen LogP contribution in [0.3, 0.4) is 0 Å². The Morgan fingerprint density at radius 2 is 1.96 bits per heavy atom. The molecule has 1 N–H and O–H groups in total. The van der Waals surface area contributed by atoms with Crippen LogP contribution >= 0.6 is 0 Å². The molecule has 1 aliphatic rings. The molecule has 3 aromatic rings. The molecule has 0 unspecified atom stereocenters. The highest BCUT2D eigenvalue weighted by molar-refractivity contribution is 5.94. The summed E-state index contributed by atoms with van der Waals surface area (Å²) in [6, 6.07) is 5.61. The number of nitrogens with one attached hydrogen (secondary N) is 1. The Labute approximate surface area is 158 Å². The van der Waals surface area contributed by atoms with Crippen molar-refractivity contribution in [2.24, 2.45) is 0 Å². The number of ether oxygens (including phenoxy) is 1. The van der Waals surface area contributed by atoms with Crippen LogP contribution in [0.4, 0.5) is 18.9 Å². The van der Waals surface area contributed by atoms with Crippen LogP contribution in [0.1, 0.15) is 23.9 Å². The fourth-order valence-corrected chi connectivity index (χ4v) is 3.03. The van der Waals surface area contributed by atoms with Crippen molar-refractivity contribution in [3.63, 3.8) is 0 Å². The number of aromatic nitrogens is 4. The van der Waals surface area contributed by atoms with Crippen LogP contribution in [-0.4, -0.2) is 26.1 Å². The molecule has 0 bridgehead atoms. The predicted octanol–water partition coefficient (Wildman–Crippen LogP) is 4.40. The number of halogens is 3. The SMILES string of the molecule is C=C1c2[nH]cnc2C(c2cnn(CC)c2)=CN1c1ccc(OC(F)(F)F)cc1. The number of hydrogen-bond donors (Lipinski definition) is 1. The number of benzene rings is 1. The van der Waals surface area contributed by atoms with Gasteiger partial charge in [-0.3, -0.25) is 4.68 Å². The molecule has 0 radical (unpaired) electrons. The number of imidazole rings is 1. The molecule has 6 nitrogen and oxygen atoms in total. The summed E-state index contributed by atoms with van der Waals surface area (Å²) in [5, 5.41) is 4.30. The minimum absolute atomic E-state index is 0.283. The second kappa shape index (κ2) is 6.59. The van der Waals surface area contributed by atoms with Crippen molar-refractivity contribution >= 4 is 17.0 Å². The van der Waals surface area contributed by atoms with Crippen LogP contribution in [0.5, 0.6) is 5.75 Å². The lowest BCUT2D eigenvalue weighted by Crippen LogP contribution is -2.20. The van der Waals surface area contributed by atoms with Crippen LogP contribution in [0.2, 0.25) is 0 Å². The molecule has 0 atom stereocenters. The molecule has 0 amide bonds. The number of hydrogen-bond acceptors (Lipinski definition) is 4. The molecule has 0 saturated carbocycles. The van der Waals surface area contributed by atoms with E-state index in [1.165, 1.54) is 24.3 Å². The molecular formula is C19H16F3N5O. The molecule has 0 fully saturated rings. The van der Waals surface area contributed by atoms with Crippen molar-refractivity contribution in [1.82, 2.24) is 19.7 Å². The van der Waals surface area contributed by atoms with Gasteiger partial charge in [-0.25, -0.2) is 4.98 Å². The van der Waals surface area contributed by atoms with Crippen molar-refractivity contribution < 1.29 is 17.9 Å². The molecule has 144 valence electrons. The van der Waals surface area contributed by atoms with Gasteiger partial charge in [-0.1, -0.05) is 6.58 Å². The second-order valence-corrected chi connectivity index (χ2v) is 6.11. The molecule has 0 aliphatic carbocycles. The number of anilines is 1. The zero-order valence-corrected chi connectivity index (χ0v) is 14.9. The highest BCUT2D eigenvalue weighted by Crippen LogP contribution is 2.38. The van der Waals surface area contributed by atoms with E-state index in [1.807, 2.05) is 19.3 Å². The fourth-order valence-electron chi connectivity index (χ4n) is 3.03. The Hall–Kier alpha value is -3.49. The maximum atomic E-state index is 12.4. The summed E-state index contributed by atoms with van der Waals surface area (Å²) in [7, 11) is 0. The first-order valence-corrected chi connectivity index (χ1v) is 8.48. The van der Waals surface area contributed by atoms with Gasteiger partial charge in [0.1, 0.15) is 5.75 Å². The minimum Gasteiger partial charge on any atom is -0.406 e. The van der Waals surface area contributed by atoms with Crippen LogP contribution in [-0.2, 0) is 6.54 Å². The molecule has 3 heterocycles. The number of rotatable bonds is 4. The normalized spacial score (nSPS) is 14.1. The Morgan fingerprint density at radius 3 is 2.61 bits per heavy atom. The van der Waals surface area contributed by atoms with Crippen molar-refractivity contribution in [2.45, 2.75) is 19.8 Å². The number of alkyl halides is 3. The molecule has 4 rings (SSSR count). The number of fused-ring (bicyclic) bond motifs is 1. The smallest absolute Gasteiger partial charge is 0.406 e. The predicted molar refractivity (Wildman–Crippen MR) is 98.2 cm³/mol. The van der Waals surface area contributed by atoms with E-state index in [1.54, 1.807) is 22.1 Å². The summed E-state index contributed by atoms with van der Waals surface area (Å²) in [6.07, 6.45) is 2.37. The first kappa shape index (κ1) is 17.9. The van der Waals surface area contributed by atoms with Crippen LogP contribution < -0.4 is 9.64 Å². The quantitative estimate of drug-likeness (QED) is 0.721. The lowest BCUT2D eigenvalue weighted by Gasteiger charge is -2.28. The maximum Gasteiger partial charge on any atom is 0.573 e. The van der Waals surface area contributed by atoms with Gasteiger partial charge in [-0.05, 0) is 31.2 Å². The first-order valence-electron chi connectivity index (χ1n) is 8.48. The molecule has 2 aromatic heterocycles. The van der Waals surface area contributed by atoms with Gasteiger partial charge in [0, 0.05) is 35.8 Å². The van der Waals surface area contributed by atoms with Crippen molar-refractivity contribution in [2.75, 3.05) is 4.90 Å². The Kier molecular flexibility index (Phi) is 4.21. The van der Waals surface area contributed by atoms with E-state index in [0.717, 1.165) is 29.1 Å². The summed E-state index contributed by atoms with van der Waals surface area (Å²) in [5.74, 6) is -0.283. The summed E-state index contributed by atoms with van der Waals surface area (Å²) >= 11 is 0. The average molecular weight is 387 g/mol. The summed E-state index contributed by atoms with van der Waals surface area (Å²) in [4.78, 5) is 9.25. The fraction of sp³-hybridized carbons (Fsp3) is 0.158. The van der Waals surface area contributed by atoms with E-state index < -0.39 is 6.36 Å². The highest BCUT2D eigenvalue weighted by atomic mass is 19.4. The Balaban J connectivity index is 1.72. The molecule has 9 heteroatoms. The number of aryl methyl sites for hydroxylation is 1. The van der Waals surface area contributed by atoms with Gasteiger partial charge in [0.2, 0.25) is 0 Å². The largest absolute Gasteiger partial charge is 0.573 e. The van der Waals surface area contributed by atoms with E-state index >= 15 is 0 Å². The van der Waals surface area contributed by atoms with Crippen LogP contribution in [0.25, 0.3) is 11.3 Å². The molecule has 1 aromatic carbocycles. The Bertz CT molecular complexity index is 1050. The molecule has 1 aliphatic heterocycles. The van der Waals surface area contributed by atoms with Gasteiger partial charge in [-0.2, -0.15) is 5.10 Å². The monoisotopic (exact) mass is 387 g/mol. The van der Waals surface area contributed by atoms with Crippen LogP contribution in [0.15, 0.2) is 55.8 Å². The number of H-pyrrole nitrogens is 1. The van der Waals surface area contributed by atoms with Crippen molar-refractivity contribution in [1.29, 1.82) is 0 Å². The van der Waals surface area contributed by atoms with Gasteiger partial charge in [0.15, 0.2) is 0 Å². The zero-order valence-electron chi connectivity index (χ0n) is 14.9. The molecular weight excluding hydrogens is 371 g/mol. The van der Waals surface area contributed by atoms with Gasteiger partial charge < -0.3 is 14.6 Å². The molecule has 28 heavy (non-hydrogen) atoms. The molecule has 0 saturated heterocycles. The van der Waals surface area contributed by atoms with E-state index in [2.05, 4.69) is 26.4 Å². The van der Waals surface area contributed by atoms with Crippen molar-refractivity contribution in [3.05, 3.63) is 72.7 Å². The van der Waals surface area contributed by atoms with Gasteiger partial charge in [0.05, 0.1) is 29.6 Å². The second-order valence-electron chi connectivity index (χ2n) is 6.11. The number of aromatic amines is 1. The van der Waals surface area contributed by atoms with E-state index in [-0.39, 0.29) is 5.75 Å². The standard InChI is InChI=1S/C19H16F3N5O/c1-3-26-9-13(8-25-26)16-10-27(12(2)17-18(16)24-11-23-17)14-4-6-15(7-5-14)28-19(20,21)22/h4-11H,2-3H2,1H3,(H,23,24). The Morgan fingerprint density at radius 1 is 1.21 bits per heavy atom. The third kappa shape index (κ3) is 3.26. The van der Waals surface area contributed by atoms with Crippen LogP contribution in [0, 0.1) is 0 Å². The summed E-state index contributed by atoms with van der Waals surface area (Å²) < 4.78 is 42.9. The lowest BCUT2D eigenvalue weighted by molar-refractivity contribution is -0.274. The third-order valence-electron chi connectivity index (χ3n) is 4.35. The third-order valence-corrected chi connectivity index (χ3v) is 4.35. The molecule has 0 spiro atoms. The zero-order chi connectivity index (χ0) is 19.9. The van der Waals surface area contributed by atoms with Gasteiger partial charge in [-0.15, -0.1) is 13.2 Å². The van der Waals surface area contributed by atoms with Gasteiger partial charge in [0.25, 0.3) is 0 Å². The summed E-state index contributed by atoms with van der Waals surface area (Å²) in [5.41, 5.74) is 4.46. The van der Waals surface area contributed by atoms with E-state index in [0.29, 0.717) is 11.4 Å². The average Bonchev–Trinajstić information content (AvgIpc) is 3.31. The first-order chi connectivity index (χ1) is 13.4. The minimum atomic E-state index is -4.73. The topological polar surface area (TPSA) is 59.0 Å².